The number of hydrogen-bond donors (Lipinski definition) is 1. The summed E-state index contributed by atoms with van der Waals surface area (Å²) in [5.41, 5.74) is 2.24. The number of carbonyl (C=O) groups excluding carboxylic acids is 1. The molecule has 1 fully saturated rings. The molecule has 3 heterocycles. The average Bonchev–Trinajstić information content (AvgIpc) is 2.83. The van der Waals surface area contributed by atoms with Crippen LogP contribution in [0.4, 0.5) is 5.82 Å². The SMILES string of the molecule is CNc1cc([C@@H]2CCCN(C(=O)c3cc(Cl)ccc3OC)C2)nc(-c2cccnc2)n1. The second-order valence-electron chi connectivity index (χ2n) is 7.43. The quantitative estimate of drug-likeness (QED) is 0.642. The summed E-state index contributed by atoms with van der Waals surface area (Å²) in [6.45, 7) is 1.26. The first-order chi connectivity index (χ1) is 15.1. The molecule has 1 aliphatic rings. The number of nitrogens with zero attached hydrogens (tertiary/aromatic N) is 4. The van der Waals surface area contributed by atoms with Crippen LogP contribution in [0.2, 0.25) is 5.02 Å². The topological polar surface area (TPSA) is 80.2 Å². The van der Waals surface area contributed by atoms with Crippen LogP contribution >= 0.6 is 11.6 Å². The van der Waals surface area contributed by atoms with Crippen LogP contribution in [0.25, 0.3) is 11.4 Å². The van der Waals surface area contributed by atoms with E-state index in [4.69, 9.17) is 21.3 Å². The van der Waals surface area contributed by atoms with E-state index in [-0.39, 0.29) is 11.8 Å². The first kappa shape index (κ1) is 21.1. The summed E-state index contributed by atoms with van der Waals surface area (Å²) in [4.78, 5) is 28.7. The van der Waals surface area contributed by atoms with E-state index in [2.05, 4.69) is 15.3 Å². The Kier molecular flexibility index (Phi) is 6.32. The zero-order valence-corrected chi connectivity index (χ0v) is 18.3. The van der Waals surface area contributed by atoms with Crippen LogP contribution < -0.4 is 10.1 Å². The van der Waals surface area contributed by atoms with Crippen LogP contribution in [0.3, 0.4) is 0 Å². The molecular formula is C23H24ClN5O2. The lowest BCUT2D eigenvalue weighted by molar-refractivity contribution is 0.0702. The molecule has 31 heavy (non-hydrogen) atoms. The van der Waals surface area contributed by atoms with Crippen molar-refractivity contribution in [1.29, 1.82) is 0 Å². The second kappa shape index (κ2) is 9.31. The number of rotatable bonds is 5. The van der Waals surface area contributed by atoms with Crippen LogP contribution in [0, 0.1) is 0 Å². The molecule has 1 atom stereocenters. The van der Waals surface area contributed by atoms with E-state index in [9.17, 15) is 4.79 Å². The highest BCUT2D eigenvalue weighted by atomic mass is 35.5. The number of halogens is 1. The molecular weight excluding hydrogens is 414 g/mol. The van der Waals surface area contributed by atoms with Gasteiger partial charge in [-0.15, -0.1) is 0 Å². The zero-order chi connectivity index (χ0) is 21.8. The van der Waals surface area contributed by atoms with E-state index in [0.717, 1.165) is 29.9 Å². The highest BCUT2D eigenvalue weighted by Gasteiger charge is 2.28. The van der Waals surface area contributed by atoms with E-state index in [1.165, 1.54) is 0 Å². The molecule has 8 heteroatoms. The van der Waals surface area contributed by atoms with Crippen LogP contribution in [0.15, 0.2) is 48.8 Å². The lowest BCUT2D eigenvalue weighted by atomic mass is 9.93. The predicted molar refractivity (Wildman–Crippen MR) is 121 cm³/mol. The fourth-order valence-corrected chi connectivity index (χ4v) is 4.02. The summed E-state index contributed by atoms with van der Waals surface area (Å²) in [5.74, 6) is 1.90. The zero-order valence-electron chi connectivity index (χ0n) is 17.5. The maximum absolute atomic E-state index is 13.3. The number of pyridine rings is 1. The van der Waals surface area contributed by atoms with Crippen LogP contribution in [-0.4, -0.2) is 53.0 Å². The average molecular weight is 438 g/mol. The van der Waals surface area contributed by atoms with Gasteiger partial charge in [0.1, 0.15) is 11.6 Å². The van der Waals surface area contributed by atoms with E-state index in [1.54, 1.807) is 37.7 Å². The molecule has 160 valence electrons. The Labute approximate surface area is 186 Å². The van der Waals surface area contributed by atoms with E-state index in [0.29, 0.717) is 35.2 Å². The molecule has 1 N–H and O–H groups in total. The number of nitrogens with one attached hydrogen (secondary N) is 1. The summed E-state index contributed by atoms with van der Waals surface area (Å²) in [5, 5.41) is 3.62. The van der Waals surface area contributed by atoms with Gasteiger partial charge in [-0.1, -0.05) is 11.6 Å². The van der Waals surface area contributed by atoms with E-state index >= 15 is 0 Å². The Hall–Kier alpha value is -3.19. The van der Waals surface area contributed by atoms with Gasteiger partial charge in [0.2, 0.25) is 0 Å². The van der Waals surface area contributed by atoms with Gasteiger partial charge in [0.25, 0.3) is 5.91 Å². The molecule has 1 saturated heterocycles. The number of anilines is 1. The highest BCUT2D eigenvalue weighted by Crippen LogP contribution is 2.31. The normalized spacial score (nSPS) is 16.1. The third kappa shape index (κ3) is 4.61. The van der Waals surface area contributed by atoms with Crippen molar-refractivity contribution in [3.05, 3.63) is 65.1 Å². The van der Waals surface area contributed by atoms with Crippen molar-refractivity contribution in [2.24, 2.45) is 0 Å². The standard InChI is InChI=1S/C23H24ClN5O2/c1-25-21-12-19(27-22(28-21)15-5-3-9-26-13-15)16-6-4-10-29(14-16)23(30)18-11-17(24)7-8-20(18)31-2/h3,5,7-9,11-13,16H,4,6,10,14H2,1-2H3,(H,25,27,28)/t16-/m1/s1. The lowest BCUT2D eigenvalue weighted by Gasteiger charge is -2.33. The number of piperidine rings is 1. The Morgan fingerprint density at radius 1 is 1.26 bits per heavy atom. The van der Waals surface area contributed by atoms with Gasteiger partial charge in [0.15, 0.2) is 5.82 Å². The fraction of sp³-hybridized carbons (Fsp3) is 0.304. The Bertz CT molecular complexity index is 1080. The molecule has 0 aliphatic carbocycles. The monoisotopic (exact) mass is 437 g/mol. The van der Waals surface area contributed by atoms with Gasteiger partial charge in [-0.2, -0.15) is 0 Å². The number of carbonyl (C=O) groups is 1. The van der Waals surface area contributed by atoms with E-state index in [1.807, 2.05) is 30.1 Å². The molecule has 0 bridgehead atoms. The molecule has 1 aromatic carbocycles. The fourth-order valence-electron chi connectivity index (χ4n) is 3.85. The van der Waals surface area contributed by atoms with Gasteiger partial charge in [-0.25, -0.2) is 9.97 Å². The van der Waals surface area contributed by atoms with Crippen molar-refractivity contribution >= 4 is 23.3 Å². The highest BCUT2D eigenvalue weighted by molar-refractivity contribution is 6.31. The largest absolute Gasteiger partial charge is 0.496 e. The Morgan fingerprint density at radius 2 is 2.13 bits per heavy atom. The number of benzene rings is 1. The first-order valence-electron chi connectivity index (χ1n) is 10.2. The maximum Gasteiger partial charge on any atom is 0.257 e. The third-order valence-electron chi connectivity index (χ3n) is 5.44. The smallest absolute Gasteiger partial charge is 0.257 e. The molecule has 0 radical (unpaired) electrons. The number of ether oxygens (including phenoxy) is 1. The van der Waals surface area contributed by atoms with Gasteiger partial charge in [0, 0.05) is 55.1 Å². The predicted octanol–water partition coefficient (Wildman–Crippen LogP) is 4.26. The number of methoxy groups -OCH3 is 1. The molecule has 3 aromatic rings. The number of aromatic nitrogens is 3. The van der Waals surface area contributed by atoms with Crippen LogP contribution in [0.5, 0.6) is 5.75 Å². The Balaban J connectivity index is 1.62. The number of hydrogen-bond acceptors (Lipinski definition) is 6. The molecule has 4 rings (SSSR count). The molecule has 7 nitrogen and oxygen atoms in total. The summed E-state index contributed by atoms with van der Waals surface area (Å²) in [6.07, 6.45) is 5.31. The van der Waals surface area contributed by atoms with Crippen LogP contribution in [-0.2, 0) is 0 Å². The number of likely N-dealkylation sites (tertiary alicyclic amines) is 1. The summed E-state index contributed by atoms with van der Waals surface area (Å²) >= 11 is 6.14. The minimum atomic E-state index is -0.0839. The van der Waals surface area contributed by atoms with Gasteiger partial charge in [-0.3, -0.25) is 9.78 Å². The van der Waals surface area contributed by atoms with Crippen molar-refractivity contribution in [3.8, 4) is 17.1 Å². The van der Waals surface area contributed by atoms with Crippen LogP contribution in [0.1, 0.15) is 34.8 Å². The minimum Gasteiger partial charge on any atom is -0.496 e. The minimum absolute atomic E-state index is 0.0839. The van der Waals surface area contributed by atoms with Crippen molar-refractivity contribution in [2.75, 3.05) is 32.6 Å². The summed E-state index contributed by atoms with van der Waals surface area (Å²) in [7, 11) is 3.39. The summed E-state index contributed by atoms with van der Waals surface area (Å²) < 4.78 is 5.38. The Morgan fingerprint density at radius 3 is 2.87 bits per heavy atom. The van der Waals surface area contributed by atoms with Crippen molar-refractivity contribution in [3.63, 3.8) is 0 Å². The van der Waals surface area contributed by atoms with Gasteiger partial charge >= 0.3 is 0 Å². The lowest BCUT2D eigenvalue weighted by Crippen LogP contribution is -2.39. The third-order valence-corrected chi connectivity index (χ3v) is 5.68. The van der Waals surface area contributed by atoms with Crippen molar-refractivity contribution in [1.82, 2.24) is 19.9 Å². The number of amides is 1. The first-order valence-corrected chi connectivity index (χ1v) is 10.6. The van der Waals surface area contributed by atoms with Crippen molar-refractivity contribution in [2.45, 2.75) is 18.8 Å². The molecule has 0 saturated carbocycles. The van der Waals surface area contributed by atoms with Gasteiger partial charge < -0.3 is 15.0 Å². The molecule has 0 spiro atoms. The van der Waals surface area contributed by atoms with Gasteiger partial charge in [-0.05, 0) is 43.2 Å². The summed E-state index contributed by atoms with van der Waals surface area (Å²) in [6, 6.07) is 10.9. The molecule has 1 amide bonds. The maximum atomic E-state index is 13.3. The van der Waals surface area contributed by atoms with Crippen molar-refractivity contribution < 1.29 is 9.53 Å². The molecule has 2 aromatic heterocycles. The molecule has 0 unspecified atom stereocenters. The molecule has 1 aliphatic heterocycles. The second-order valence-corrected chi connectivity index (χ2v) is 7.86. The van der Waals surface area contributed by atoms with Gasteiger partial charge in [0.05, 0.1) is 18.4 Å². The van der Waals surface area contributed by atoms with E-state index < -0.39 is 0 Å².